The van der Waals surface area contributed by atoms with Crippen LogP contribution in [0.1, 0.15) is 17.3 Å². The molecule has 0 bridgehead atoms. The molecule has 0 aliphatic carbocycles. The van der Waals surface area contributed by atoms with E-state index in [1.54, 1.807) is 0 Å². The van der Waals surface area contributed by atoms with Gasteiger partial charge in [-0.3, -0.25) is 9.52 Å². The van der Waals surface area contributed by atoms with Gasteiger partial charge in [0.1, 0.15) is 11.9 Å². The number of benzene rings is 1. The Morgan fingerprint density at radius 3 is 2.43 bits per heavy atom. The zero-order valence-corrected chi connectivity index (χ0v) is 12.4. The molecule has 0 fully saturated rings. The van der Waals surface area contributed by atoms with Crippen LogP contribution in [0.4, 0.5) is 10.1 Å². The maximum Gasteiger partial charge on any atom is 0.326 e. The summed E-state index contributed by atoms with van der Waals surface area (Å²) in [6, 6.07) is 2.02. The lowest BCUT2D eigenvalue weighted by Crippen LogP contribution is -2.40. The predicted octanol–water partition coefficient (Wildman–Crippen LogP) is 0.742. The first-order chi connectivity index (χ1) is 9.53. The van der Waals surface area contributed by atoms with Crippen molar-refractivity contribution in [2.24, 2.45) is 0 Å². The van der Waals surface area contributed by atoms with Gasteiger partial charge < -0.3 is 10.0 Å². The van der Waals surface area contributed by atoms with Crippen LogP contribution in [0.3, 0.4) is 0 Å². The first kappa shape index (κ1) is 16.9. The van der Waals surface area contributed by atoms with Crippen LogP contribution in [0.5, 0.6) is 0 Å². The van der Waals surface area contributed by atoms with Crippen LogP contribution in [0, 0.1) is 5.82 Å². The molecule has 7 nitrogen and oxygen atoms in total. The second-order valence-electron chi connectivity index (χ2n) is 4.50. The third-order valence-electron chi connectivity index (χ3n) is 2.77. The summed E-state index contributed by atoms with van der Waals surface area (Å²) in [7, 11) is -2.42. The van der Waals surface area contributed by atoms with Crippen LogP contribution in [-0.2, 0) is 14.8 Å². The second kappa shape index (κ2) is 6.08. The second-order valence-corrected chi connectivity index (χ2v) is 6.25. The van der Waals surface area contributed by atoms with E-state index in [-0.39, 0.29) is 11.3 Å². The predicted molar refractivity (Wildman–Crippen MR) is 74.1 cm³/mol. The Hall–Kier alpha value is -2.16. The molecule has 0 saturated carbocycles. The van der Waals surface area contributed by atoms with Crippen LogP contribution in [0.25, 0.3) is 0 Å². The Bertz CT molecular complexity index is 674. The molecular weight excluding hydrogens is 303 g/mol. The molecule has 0 aliphatic heterocycles. The lowest BCUT2D eigenvalue weighted by molar-refractivity contribution is -0.141. The summed E-state index contributed by atoms with van der Waals surface area (Å²) < 4.78 is 37.7. The zero-order chi connectivity index (χ0) is 16.4. The van der Waals surface area contributed by atoms with Gasteiger partial charge in [-0.2, -0.15) is 0 Å². The minimum atomic E-state index is -3.70. The molecular formula is C12H15FN2O5S. The Balaban J connectivity index is 3.12. The van der Waals surface area contributed by atoms with Gasteiger partial charge in [0, 0.05) is 12.6 Å². The minimum absolute atomic E-state index is 0.0295. The smallest absolute Gasteiger partial charge is 0.326 e. The SMILES string of the molecule is CC(C(=O)O)N(C)C(=O)c1ccc(F)c(NS(C)(=O)=O)c1. The molecule has 0 radical (unpaired) electrons. The highest BCUT2D eigenvalue weighted by molar-refractivity contribution is 7.92. The first-order valence-corrected chi connectivity index (χ1v) is 7.69. The highest BCUT2D eigenvalue weighted by Gasteiger charge is 2.23. The number of rotatable bonds is 5. The van der Waals surface area contributed by atoms with Gasteiger partial charge in [0.15, 0.2) is 0 Å². The number of anilines is 1. The fourth-order valence-corrected chi connectivity index (χ4v) is 2.04. The maximum absolute atomic E-state index is 13.5. The van der Waals surface area contributed by atoms with Gasteiger partial charge >= 0.3 is 5.97 Å². The van der Waals surface area contributed by atoms with Crippen LogP contribution in [0.2, 0.25) is 0 Å². The van der Waals surface area contributed by atoms with Crippen molar-refractivity contribution in [3.8, 4) is 0 Å². The largest absolute Gasteiger partial charge is 0.480 e. The molecule has 2 N–H and O–H groups in total. The number of sulfonamides is 1. The fraction of sp³-hybridized carbons (Fsp3) is 0.333. The molecule has 1 unspecified atom stereocenters. The van der Waals surface area contributed by atoms with Gasteiger partial charge in [0.05, 0.1) is 11.9 Å². The van der Waals surface area contributed by atoms with E-state index in [0.29, 0.717) is 0 Å². The molecule has 0 aromatic heterocycles. The fourth-order valence-electron chi connectivity index (χ4n) is 1.48. The van der Waals surface area contributed by atoms with Crippen LogP contribution in [0.15, 0.2) is 18.2 Å². The molecule has 0 heterocycles. The monoisotopic (exact) mass is 318 g/mol. The van der Waals surface area contributed by atoms with E-state index in [1.165, 1.54) is 14.0 Å². The molecule has 116 valence electrons. The summed E-state index contributed by atoms with van der Waals surface area (Å²) in [5.41, 5.74) is -0.405. The lowest BCUT2D eigenvalue weighted by Gasteiger charge is -2.21. The number of hydrogen-bond donors (Lipinski definition) is 2. The summed E-state index contributed by atoms with van der Waals surface area (Å²) in [6.45, 7) is 1.32. The van der Waals surface area contributed by atoms with E-state index in [9.17, 15) is 22.4 Å². The summed E-state index contributed by atoms with van der Waals surface area (Å²) >= 11 is 0. The van der Waals surface area contributed by atoms with Crippen LogP contribution < -0.4 is 4.72 Å². The summed E-state index contributed by atoms with van der Waals surface area (Å²) in [6.07, 6.45) is 0.847. The third-order valence-corrected chi connectivity index (χ3v) is 3.36. The number of carbonyl (C=O) groups is 2. The summed E-state index contributed by atoms with van der Waals surface area (Å²) in [5.74, 6) is -2.70. The number of carboxylic acid groups (broad SMARTS) is 1. The maximum atomic E-state index is 13.5. The number of nitrogens with zero attached hydrogens (tertiary/aromatic N) is 1. The Labute approximate surface area is 121 Å². The van der Waals surface area contributed by atoms with E-state index < -0.39 is 33.8 Å². The van der Waals surface area contributed by atoms with Crippen molar-refractivity contribution < 1.29 is 27.5 Å². The number of carboxylic acids is 1. The van der Waals surface area contributed by atoms with Crippen molar-refractivity contribution in [3.63, 3.8) is 0 Å². The van der Waals surface area contributed by atoms with Gasteiger partial charge in [-0.1, -0.05) is 0 Å². The Morgan fingerprint density at radius 2 is 1.95 bits per heavy atom. The quantitative estimate of drug-likeness (QED) is 0.833. The topological polar surface area (TPSA) is 104 Å². The highest BCUT2D eigenvalue weighted by Crippen LogP contribution is 2.19. The number of aliphatic carboxylic acids is 1. The molecule has 21 heavy (non-hydrogen) atoms. The van der Waals surface area contributed by atoms with Crippen molar-refractivity contribution in [2.75, 3.05) is 18.0 Å². The number of amides is 1. The standard InChI is InChI=1S/C12H15FN2O5S/c1-7(12(17)18)15(2)11(16)8-4-5-9(13)10(6-8)14-21(3,19)20/h4-7,14H,1-3H3,(H,17,18). The third kappa shape index (κ3) is 4.42. The molecule has 1 rings (SSSR count). The number of carbonyl (C=O) groups excluding carboxylic acids is 1. The molecule has 9 heteroatoms. The molecule has 1 aromatic carbocycles. The summed E-state index contributed by atoms with van der Waals surface area (Å²) in [5, 5.41) is 8.85. The molecule has 0 aliphatic rings. The molecule has 0 saturated heterocycles. The van der Waals surface area contributed by atoms with Gasteiger partial charge in [0.25, 0.3) is 5.91 Å². The van der Waals surface area contributed by atoms with Crippen molar-refractivity contribution in [1.82, 2.24) is 4.90 Å². The zero-order valence-electron chi connectivity index (χ0n) is 11.6. The van der Waals surface area contributed by atoms with Gasteiger partial charge in [-0.25, -0.2) is 17.6 Å². The van der Waals surface area contributed by atoms with E-state index in [0.717, 1.165) is 29.4 Å². The van der Waals surface area contributed by atoms with E-state index >= 15 is 0 Å². The van der Waals surface area contributed by atoms with Crippen molar-refractivity contribution in [2.45, 2.75) is 13.0 Å². The summed E-state index contributed by atoms with van der Waals surface area (Å²) in [4.78, 5) is 23.9. The normalized spacial score (nSPS) is 12.6. The number of halogens is 1. The van der Waals surface area contributed by atoms with Gasteiger partial charge in [-0.15, -0.1) is 0 Å². The van der Waals surface area contributed by atoms with Crippen molar-refractivity contribution in [1.29, 1.82) is 0 Å². The van der Waals surface area contributed by atoms with Crippen LogP contribution in [-0.4, -0.2) is 49.6 Å². The molecule has 1 aromatic rings. The van der Waals surface area contributed by atoms with Crippen molar-refractivity contribution in [3.05, 3.63) is 29.6 Å². The number of likely N-dealkylation sites (N-methyl/N-ethyl adjacent to an activating group) is 1. The number of nitrogens with one attached hydrogen (secondary N) is 1. The average molecular weight is 318 g/mol. The van der Waals surface area contributed by atoms with E-state index in [1.807, 2.05) is 4.72 Å². The highest BCUT2D eigenvalue weighted by atomic mass is 32.2. The minimum Gasteiger partial charge on any atom is -0.480 e. The van der Waals surface area contributed by atoms with Crippen molar-refractivity contribution >= 4 is 27.6 Å². The lowest BCUT2D eigenvalue weighted by atomic mass is 10.1. The molecule has 1 atom stereocenters. The number of hydrogen-bond acceptors (Lipinski definition) is 4. The average Bonchev–Trinajstić information content (AvgIpc) is 2.37. The van der Waals surface area contributed by atoms with Crippen LogP contribution >= 0.6 is 0 Å². The van der Waals surface area contributed by atoms with Gasteiger partial charge in [0.2, 0.25) is 10.0 Å². The first-order valence-electron chi connectivity index (χ1n) is 5.80. The molecule has 1 amide bonds. The Kier molecular flexibility index (Phi) is 4.89. The van der Waals surface area contributed by atoms with Gasteiger partial charge in [-0.05, 0) is 25.1 Å². The van der Waals surface area contributed by atoms with E-state index in [2.05, 4.69) is 0 Å². The Morgan fingerprint density at radius 1 is 1.38 bits per heavy atom. The molecule has 0 spiro atoms. The van der Waals surface area contributed by atoms with E-state index in [4.69, 9.17) is 5.11 Å².